The number of β-amino-alcohol motifs (C(OH)–C–C–N with tert-alkyl or cyclic N) is 1. The summed E-state index contributed by atoms with van der Waals surface area (Å²) in [5.41, 5.74) is 4.62. The van der Waals surface area contributed by atoms with Crippen LogP contribution in [0.2, 0.25) is 0 Å². The van der Waals surface area contributed by atoms with Gasteiger partial charge in [0.25, 0.3) is 5.01 Å². The molecule has 1 aromatic heterocycles. The van der Waals surface area contributed by atoms with Gasteiger partial charge in [-0.25, -0.2) is 0 Å². The molecule has 3 aromatic rings. The quantitative estimate of drug-likeness (QED) is 0.608. The van der Waals surface area contributed by atoms with Crippen LogP contribution >= 0.6 is 11.3 Å². The van der Waals surface area contributed by atoms with Crippen molar-refractivity contribution in [1.29, 1.82) is 0 Å². The molecule has 29 heavy (non-hydrogen) atoms. The van der Waals surface area contributed by atoms with Gasteiger partial charge in [0.15, 0.2) is 0 Å². The minimum Gasteiger partial charge on any atom is -0.396 e. The zero-order valence-corrected chi connectivity index (χ0v) is 17.6. The molecular weight excluding hydrogens is 380 g/mol. The molecule has 0 radical (unpaired) electrons. The fourth-order valence-corrected chi connectivity index (χ4v) is 4.95. The standard InChI is InChI=1S/C24H27N2O2S/c1-3-17(16-27)22(28)15-26-13-12-18(19-8-4-5-9-20(19)26)14-24-25(2)21-10-6-7-11-23(21)29-24/h4-14,17,22,27-28H,3,15-16H2,1-2H3/q+1/t17-,22-/m1/s1. The second-order valence-corrected chi connectivity index (χ2v) is 8.53. The van der Waals surface area contributed by atoms with Crippen LogP contribution in [0, 0.1) is 5.92 Å². The summed E-state index contributed by atoms with van der Waals surface area (Å²) in [6.07, 6.45) is 6.56. The van der Waals surface area contributed by atoms with Crippen molar-refractivity contribution >= 4 is 38.9 Å². The summed E-state index contributed by atoms with van der Waals surface area (Å²) in [7, 11) is 2.10. The molecule has 150 valence electrons. The molecule has 2 aromatic carbocycles. The predicted molar refractivity (Wildman–Crippen MR) is 121 cm³/mol. The first kappa shape index (κ1) is 19.8. The van der Waals surface area contributed by atoms with Crippen LogP contribution in [0.4, 0.5) is 5.69 Å². The molecule has 1 aliphatic heterocycles. The number of aliphatic hydroxyl groups is 2. The van der Waals surface area contributed by atoms with Crippen LogP contribution in [0.3, 0.4) is 0 Å². The highest BCUT2D eigenvalue weighted by Crippen LogP contribution is 2.35. The molecule has 0 unspecified atom stereocenters. The van der Waals surface area contributed by atoms with E-state index >= 15 is 0 Å². The van der Waals surface area contributed by atoms with E-state index in [2.05, 4.69) is 65.1 Å². The van der Waals surface area contributed by atoms with Crippen molar-refractivity contribution in [2.75, 3.05) is 18.1 Å². The summed E-state index contributed by atoms with van der Waals surface area (Å²) in [6.45, 7) is 2.47. The summed E-state index contributed by atoms with van der Waals surface area (Å²) < 4.78 is 3.50. The number of aromatic nitrogens is 1. The monoisotopic (exact) mass is 407 g/mol. The molecule has 0 amide bonds. The third kappa shape index (κ3) is 3.86. The number of rotatable bonds is 6. The van der Waals surface area contributed by atoms with E-state index < -0.39 is 6.10 Å². The SMILES string of the molecule is CC[C@H](CO)[C@H](O)CN1C=C/C(=C\c2sc3ccccc3[n+]2C)c2ccccc21. The number of anilines is 1. The van der Waals surface area contributed by atoms with Crippen LogP contribution in [0.5, 0.6) is 0 Å². The molecule has 1 aliphatic rings. The van der Waals surface area contributed by atoms with E-state index in [9.17, 15) is 10.2 Å². The highest BCUT2D eigenvalue weighted by atomic mass is 32.1. The zero-order valence-electron chi connectivity index (χ0n) is 16.8. The maximum Gasteiger partial charge on any atom is 0.263 e. The second-order valence-electron chi connectivity index (χ2n) is 7.47. The van der Waals surface area contributed by atoms with Gasteiger partial charge in [0.2, 0.25) is 5.52 Å². The number of hydrogen-bond donors (Lipinski definition) is 2. The minimum absolute atomic E-state index is 0.00442. The first-order valence-corrected chi connectivity index (χ1v) is 10.9. The normalized spacial score (nSPS) is 17.0. The third-order valence-electron chi connectivity index (χ3n) is 5.70. The average molecular weight is 408 g/mol. The number of benzene rings is 2. The Hall–Kier alpha value is -2.47. The van der Waals surface area contributed by atoms with Crippen molar-refractivity contribution in [3.8, 4) is 0 Å². The Balaban J connectivity index is 1.69. The Morgan fingerprint density at radius 2 is 1.90 bits per heavy atom. The lowest BCUT2D eigenvalue weighted by Crippen LogP contribution is -2.36. The van der Waals surface area contributed by atoms with Crippen LogP contribution in [0.15, 0.2) is 60.8 Å². The van der Waals surface area contributed by atoms with Gasteiger partial charge in [-0.05, 0) is 30.2 Å². The van der Waals surface area contributed by atoms with Gasteiger partial charge in [0.1, 0.15) is 11.7 Å². The molecule has 0 aliphatic carbocycles. The molecule has 2 atom stereocenters. The van der Waals surface area contributed by atoms with Gasteiger partial charge in [-0.1, -0.05) is 48.6 Å². The number of aryl methyl sites for hydroxylation is 1. The van der Waals surface area contributed by atoms with Crippen molar-refractivity contribution in [3.63, 3.8) is 0 Å². The molecule has 4 rings (SSSR count). The first-order valence-electron chi connectivity index (χ1n) is 10.0. The van der Waals surface area contributed by atoms with Crippen molar-refractivity contribution in [1.82, 2.24) is 0 Å². The number of fused-ring (bicyclic) bond motifs is 2. The number of hydrogen-bond acceptors (Lipinski definition) is 4. The molecule has 0 fully saturated rings. The van der Waals surface area contributed by atoms with E-state index in [-0.39, 0.29) is 12.5 Å². The highest BCUT2D eigenvalue weighted by molar-refractivity contribution is 7.18. The lowest BCUT2D eigenvalue weighted by Gasteiger charge is -2.31. The molecule has 2 heterocycles. The predicted octanol–water partition coefficient (Wildman–Crippen LogP) is 3.98. The fourth-order valence-electron chi connectivity index (χ4n) is 3.85. The van der Waals surface area contributed by atoms with E-state index in [0.717, 1.165) is 23.2 Å². The topological polar surface area (TPSA) is 47.6 Å². The van der Waals surface area contributed by atoms with Crippen molar-refractivity contribution < 1.29 is 14.8 Å². The van der Waals surface area contributed by atoms with E-state index in [0.29, 0.717) is 6.54 Å². The average Bonchev–Trinajstić information content (AvgIpc) is 3.06. The van der Waals surface area contributed by atoms with Crippen molar-refractivity contribution in [2.24, 2.45) is 13.0 Å². The summed E-state index contributed by atoms with van der Waals surface area (Å²) in [5.74, 6) is -0.106. The molecule has 4 nitrogen and oxygen atoms in total. The molecule has 0 saturated carbocycles. The Bertz CT molecular complexity index is 1070. The van der Waals surface area contributed by atoms with Gasteiger partial charge in [0, 0.05) is 48.7 Å². The van der Waals surface area contributed by atoms with Crippen molar-refractivity contribution in [3.05, 3.63) is 71.4 Å². The number of thiazole rings is 1. The Kier molecular flexibility index (Phi) is 5.81. The lowest BCUT2D eigenvalue weighted by molar-refractivity contribution is -0.642. The maximum absolute atomic E-state index is 10.6. The number of allylic oxidation sites excluding steroid dienone is 2. The minimum atomic E-state index is -0.575. The van der Waals surface area contributed by atoms with Crippen LogP contribution in [-0.2, 0) is 7.05 Å². The molecule has 0 spiro atoms. The van der Waals surface area contributed by atoms with Crippen LogP contribution in [-0.4, -0.2) is 29.5 Å². The molecule has 0 saturated heterocycles. The van der Waals surface area contributed by atoms with Crippen LogP contribution in [0.25, 0.3) is 21.9 Å². The molecule has 5 heteroatoms. The number of aliphatic hydroxyl groups excluding tert-OH is 2. The second kappa shape index (κ2) is 8.49. The van der Waals surface area contributed by atoms with E-state index in [4.69, 9.17) is 0 Å². The Morgan fingerprint density at radius 3 is 2.66 bits per heavy atom. The van der Waals surface area contributed by atoms with Gasteiger partial charge in [-0.15, -0.1) is 0 Å². The zero-order chi connectivity index (χ0) is 20.4. The number of nitrogens with zero attached hydrogens (tertiary/aromatic N) is 2. The van der Waals surface area contributed by atoms with E-state index in [1.165, 1.54) is 15.2 Å². The van der Waals surface area contributed by atoms with Gasteiger partial charge in [-0.3, -0.25) is 0 Å². The molecular formula is C24H27N2O2S+. The van der Waals surface area contributed by atoms with Crippen LogP contribution in [0.1, 0.15) is 23.9 Å². The fraction of sp³-hybridized carbons (Fsp3) is 0.292. The summed E-state index contributed by atoms with van der Waals surface area (Å²) in [6, 6.07) is 16.7. The van der Waals surface area contributed by atoms with Gasteiger partial charge in [0.05, 0.1) is 6.10 Å². The smallest absolute Gasteiger partial charge is 0.263 e. The summed E-state index contributed by atoms with van der Waals surface area (Å²) in [5, 5.41) is 21.3. The van der Waals surface area contributed by atoms with Gasteiger partial charge in [-0.2, -0.15) is 4.57 Å². The highest BCUT2D eigenvalue weighted by Gasteiger charge is 2.24. The van der Waals surface area contributed by atoms with Gasteiger partial charge >= 0.3 is 0 Å². The summed E-state index contributed by atoms with van der Waals surface area (Å²) in [4.78, 5) is 2.08. The lowest BCUT2D eigenvalue weighted by atomic mass is 9.96. The van der Waals surface area contributed by atoms with Crippen molar-refractivity contribution in [2.45, 2.75) is 19.4 Å². The molecule has 2 N–H and O–H groups in total. The molecule has 0 bridgehead atoms. The van der Waals surface area contributed by atoms with Gasteiger partial charge < -0.3 is 15.1 Å². The Labute approximate surface area is 175 Å². The first-order chi connectivity index (χ1) is 14.1. The maximum atomic E-state index is 10.6. The number of para-hydroxylation sites is 2. The van der Waals surface area contributed by atoms with Crippen LogP contribution < -0.4 is 9.47 Å². The summed E-state index contributed by atoms with van der Waals surface area (Å²) >= 11 is 1.78. The Morgan fingerprint density at radius 1 is 1.14 bits per heavy atom. The van der Waals surface area contributed by atoms with E-state index in [1.54, 1.807) is 11.3 Å². The van der Waals surface area contributed by atoms with E-state index in [1.807, 2.05) is 25.3 Å². The largest absolute Gasteiger partial charge is 0.396 e. The third-order valence-corrected chi connectivity index (χ3v) is 6.86.